The monoisotopic (exact) mass is 288 g/mol. The van der Waals surface area contributed by atoms with E-state index in [2.05, 4.69) is 20.5 Å². The van der Waals surface area contributed by atoms with Crippen LogP contribution < -0.4 is 5.32 Å². The second-order valence-corrected chi connectivity index (χ2v) is 4.62. The van der Waals surface area contributed by atoms with Crippen LogP contribution in [0.3, 0.4) is 0 Å². The summed E-state index contributed by atoms with van der Waals surface area (Å²) in [7, 11) is 0. The van der Waals surface area contributed by atoms with Crippen molar-refractivity contribution in [1.29, 1.82) is 0 Å². The van der Waals surface area contributed by atoms with Crippen LogP contribution in [0.15, 0.2) is 24.5 Å². The summed E-state index contributed by atoms with van der Waals surface area (Å²) in [6, 6.07) is 2.76. The summed E-state index contributed by atoms with van der Waals surface area (Å²) in [6.07, 6.45) is 4.68. The van der Waals surface area contributed by atoms with E-state index >= 15 is 0 Å². The van der Waals surface area contributed by atoms with Gasteiger partial charge in [-0.15, -0.1) is 0 Å². The highest BCUT2D eigenvalue weighted by atomic mass is 16.4. The summed E-state index contributed by atoms with van der Waals surface area (Å²) >= 11 is 0. The van der Waals surface area contributed by atoms with Crippen LogP contribution in [0.1, 0.15) is 38.5 Å². The summed E-state index contributed by atoms with van der Waals surface area (Å²) < 4.78 is 0. The zero-order valence-electron chi connectivity index (χ0n) is 11.6. The van der Waals surface area contributed by atoms with E-state index in [0.29, 0.717) is 12.1 Å². The summed E-state index contributed by atoms with van der Waals surface area (Å²) in [5, 5.41) is 18.3. The lowest BCUT2D eigenvalue weighted by atomic mass is 10.1. The number of aromatic nitrogens is 3. The van der Waals surface area contributed by atoms with Gasteiger partial charge in [-0.2, -0.15) is 5.10 Å². The van der Waals surface area contributed by atoms with Crippen LogP contribution >= 0.6 is 0 Å². The molecule has 7 heteroatoms. The summed E-state index contributed by atoms with van der Waals surface area (Å²) in [5.41, 5.74) is 2.44. The van der Waals surface area contributed by atoms with E-state index in [-0.39, 0.29) is 11.6 Å². The fourth-order valence-corrected chi connectivity index (χ4v) is 1.87. The second-order valence-electron chi connectivity index (χ2n) is 4.62. The van der Waals surface area contributed by atoms with Crippen LogP contribution in [-0.4, -0.2) is 38.7 Å². The van der Waals surface area contributed by atoms with Gasteiger partial charge in [-0.25, -0.2) is 9.78 Å². The van der Waals surface area contributed by atoms with Crippen molar-refractivity contribution < 1.29 is 14.7 Å². The van der Waals surface area contributed by atoms with Crippen LogP contribution in [0.4, 0.5) is 0 Å². The van der Waals surface area contributed by atoms with Crippen molar-refractivity contribution in [3.05, 3.63) is 47.0 Å². The summed E-state index contributed by atoms with van der Waals surface area (Å²) in [6.45, 7) is 2.49. The standard InChI is InChI=1S/C14H16N4O3/c1-9-10(8-17-18-9)3-2-6-15-13(19)11-4-5-12(14(20)21)16-7-11/h4-5,7-8H,2-3,6H2,1H3,(H,15,19)(H,17,18)(H,20,21). The number of carboxylic acids is 1. The van der Waals surface area contributed by atoms with Gasteiger partial charge < -0.3 is 10.4 Å². The molecule has 0 atom stereocenters. The number of carbonyl (C=O) groups excluding carboxylic acids is 1. The van der Waals surface area contributed by atoms with E-state index in [4.69, 9.17) is 5.11 Å². The maximum Gasteiger partial charge on any atom is 0.354 e. The molecule has 0 fully saturated rings. The molecule has 0 aromatic carbocycles. The molecule has 0 spiro atoms. The van der Waals surface area contributed by atoms with Gasteiger partial charge in [0.1, 0.15) is 5.69 Å². The molecular weight excluding hydrogens is 272 g/mol. The van der Waals surface area contributed by atoms with E-state index < -0.39 is 5.97 Å². The Kier molecular flexibility index (Phi) is 4.65. The van der Waals surface area contributed by atoms with Crippen molar-refractivity contribution in [2.75, 3.05) is 6.54 Å². The van der Waals surface area contributed by atoms with Crippen molar-refractivity contribution in [2.24, 2.45) is 0 Å². The van der Waals surface area contributed by atoms with Crippen molar-refractivity contribution in [1.82, 2.24) is 20.5 Å². The Bertz CT molecular complexity index is 634. The molecule has 0 aliphatic rings. The van der Waals surface area contributed by atoms with E-state index in [9.17, 15) is 9.59 Å². The maximum atomic E-state index is 11.8. The van der Waals surface area contributed by atoms with Gasteiger partial charge in [0.2, 0.25) is 0 Å². The number of amides is 1. The largest absolute Gasteiger partial charge is 0.477 e. The molecule has 1 amide bonds. The average molecular weight is 288 g/mol. The first-order valence-electron chi connectivity index (χ1n) is 6.54. The third kappa shape index (κ3) is 3.88. The van der Waals surface area contributed by atoms with Gasteiger partial charge in [-0.1, -0.05) is 0 Å². The molecule has 0 saturated carbocycles. The lowest BCUT2D eigenvalue weighted by Gasteiger charge is -2.05. The molecule has 2 rings (SSSR count). The molecule has 21 heavy (non-hydrogen) atoms. The number of hydrogen-bond acceptors (Lipinski definition) is 4. The molecule has 7 nitrogen and oxygen atoms in total. The minimum atomic E-state index is -1.11. The highest BCUT2D eigenvalue weighted by molar-refractivity contribution is 5.94. The predicted octanol–water partition coefficient (Wildman–Crippen LogP) is 1.17. The number of hydrogen-bond donors (Lipinski definition) is 3. The van der Waals surface area contributed by atoms with E-state index in [1.165, 1.54) is 18.3 Å². The minimum Gasteiger partial charge on any atom is -0.477 e. The summed E-state index contributed by atoms with van der Waals surface area (Å²) in [5.74, 6) is -1.37. The number of nitrogens with one attached hydrogen (secondary N) is 2. The Morgan fingerprint density at radius 1 is 1.33 bits per heavy atom. The van der Waals surface area contributed by atoms with Crippen LogP contribution in [0.5, 0.6) is 0 Å². The first-order chi connectivity index (χ1) is 10.1. The lowest BCUT2D eigenvalue weighted by molar-refractivity contribution is 0.0689. The van der Waals surface area contributed by atoms with Crippen molar-refractivity contribution >= 4 is 11.9 Å². The number of H-pyrrole nitrogens is 1. The first kappa shape index (κ1) is 14.7. The highest BCUT2D eigenvalue weighted by Gasteiger charge is 2.08. The minimum absolute atomic E-state index is 0.0815. The first-order valence-corrected chi connectivity index (χ1v) is 6.54. The number of carboxylic acid groups (broad SMARTS) is 1. The van der Waals surface area contributed by atoms with Gasteiger partial charge in [0, 0.05) is 18.4 Å². The normalized spacial score (nSPS) is 10.3. The lowest BCUT2D eigenvalue weighted by Crippen LogP contribution is -2.25. The van der Waals surface area contributed by atoms with E-state index in [1.54, 1.807) is 6.20 Å². The molecule has 3 N–H and O–H groups in total. The average Bonchev–Trinajstić information content (AvgIpc) is 2.89. The molecule has 2 aromatic rings. The number of pyridine rings is 1. The predicted molar refractivity (Wildman–Crippen MR) is 75.2 cm³/mol. The molecule has 0 aliphatic carbocycles. The van der Waals surface area contributed by atoms with Gasteiger partial charge in [0.15, 0.2) is 0 Å². The number of nitrogens with zero attached hydrogens (tertiary/aromatic N) is 2. The quantitative estimate of drug-likeness (QED) is 0.692. The van der Waals surface area contributed by atoms with Crippen LogP contribution in [0.2, 0.25) is 0 Å². The van der Waals surface area contributed by atoms with Crippen LogP contribution in [-0.2, 0) is 6.42 Å². The Hall–Kier alpha value is -2.70. The number of carbonyl (C=O) groups is 2. The topological polar surface area (TPSA) is 108 Å². The molecule has 110 valence electrons. The Morgan fingerprint density at radius 2 is 2.14 bits per heavy atom. The maximum absolute atomic E-state index is 11.8. The number of rotatable bonds is 6. The Labute approximate surface area is 121 Å². The van der Waals surface area contributed by atoms with Crippen LogP contribution in [0, 0.1) is 6.92 Å². The third-order valence-electron chi connectivity index (χ3n) is 3.09. The smallest absolute Gasteiger partial charge is 0.354 e. The van der Waals surface area contributed by atoms with Crippen molar-refractivity contribution in [3.63, 3.8) is 0 Å². The SMILES string of the molecule is Cc1[nH]ncc1CCCNC(=O)c1ccc(C(=O)O)nc1. The van der Waals surface area contributed by atoms with Gasteiger partial charge >= 0.3 is 5.97 Å². The zero-order chi connectivity index (χ0) is 15.2. The van der Waals surface area contributed by atoms with E-state index in [0.717, 1.165) is 24.1 Å². The number of aryl methyl sites for hydroxylation is 2. The number of aromatic amines is 1. The van der Waals surface area contributed by atoms with E-state index in [1.807, 2.05) is 6.92 Å². The zero-order valence-corrected chi connectivity index (χ0v) is 11.6. The number of aromatic carboxylic acids is 1. The van der Waals surface area contributed by atoms with Crippen molar-refractivity contribution in [2.45, 2.75) is 19.8 Å². The Morgan fingerprint density at radius 3 is 2.71 bits per heavy atom. The summed E-state index contributed by atoms with van der Waals surface area (Å²) in [4.78, 5) is 26.2. The van der Waals surface area contributed by atoms with Gasteiger partial charge in [-0.05, 0) is 37.5 Å². The molecule has 0 aliphatic heterocycles. The fraction of sp³-hybridized carbons (Fsp3) is 0.286. The fourth-order valence-electron chi connectivity index (χ4n) is 1.87. The Balaban J connectivity index is 1.79. The van der Waals surface area contributed by atoms with Crippen molar-refractivity contribution in [3.8, 4) is 0 Å². The molecular formula is C14H16N4O3. The molecule has 0 unspecified atom stereocenters. The van der Waals surface area contributed by atoms with Gasteiger partial charge in [0.05, 0.1) is 11.8 Å². The third-order valence-corrected chi connectivity index (χ3v) is 3.09. The molecule has 0 bridgehead atoms. The van der Waals surface area contributed by atoms with Crippen LogP contribution in [0.25, 0.3) is 0 Å². The van der Waals surface area contributed by atoms with Gasteiger partial charge in [-0.3, -0.25) is 9.89 Å². The molecule has 0 radical (unpaired) electrons. The molecule has 2 aromatic heterocycles. The molecule has 2 heterocycles. The molecule has 0 saturated heterocycles. The highest BCUT2D eigenvalue weighted by Crippen LogP contribution is 2.05. The second kappa shape index (κ2) is 6.65. The van der Waals surface area contributed by atoms with Gasteiger partial charge in [0.25, 0.3) is 5.91 Å².